The summed E-state index contributed by atoms with van der Waals surface area (Å²) >= 11 is 0. The first-order valence-electron chi connectivity index (χ1n) is 15.9. The molecule has 3 aromatic rings. The Balaban J connectivity index is 1.75. The van der Waals surface area contributed by atoms with Gasteiger partial charge in [-0.2, -0.15) is 0 Å². The molecule has 1 aromatic heterocycles. The molecular formula is C36H55N2+. The molecule has 0 fully saturated rings. The van der Waals surface area contributed by atoms with Crippen LogP contribution in [0.5, 0.6) is 0 Å². The van der Waals surface area contributed by atoms with Crippen molar-refractivity contribution in [3.8, 4) is 0 Å². The third kappa shape index (κ3) is 10.4. The van der Waals surface area contributed by atoms with Crippen LogP contribution in [0.15, 0.2) is 66.9 Å². The molecule has 0 spiro atoms. The van der Waals surface area contributed by atoms with Gasteiger partial charge in [0.1, 0.15) is 11.9 Å². The van der Waals surface area contributed by atoms with Gasteiger partial charge in [0.05, 0.1) is 19.5 Å². The van der Waals surface area contributed by atoms with E-state index in [0.717, 1.165) is 25.9 Å². The van der Waals surface area contributed by atoms with Crippen molar-refractivity contribution in [3.63, 3.8) is 0 Å². The van der Waals surface area contributed by atoms with Gasteiger partial charge >= 0.3 is 0 Å². The van der Waals surface area contributed by atoms with Crippen LogP contribution >= 0.6 is 0 Å². The van der Waals surface area contributed by atoms with Crippen LogP contribution in [0, 0.1) is 0 Å². The quantitative estimate of drug-likeness (QED) is 0.105. The van der Waals surface area contributed by atoms with Crippen LogP contribution in [0.25, 0.3) is 0 Å². The molecule has 0 N–H and O–H groups in total. The average molecular weight is 516 g/mol. The maximum atomic E-state index is 2.72. The van der Waals surface area contributed by atoms with Gasteiger partial charge in [-0.05, 0) is 42.7 Å². The second-order valence-electron chi connectivity index (χ2n) is 11.4. The lowest BCUT2D eigenvalue weighted by molar-refractivity contribution is -0.704. The summed E-state index contributed by atoms with van der Waals surface area (Å²) in [5, 5.41) is 0. The van der Waals surface area contributed by atoms with Crippen LogP contribution in [-0.4, -0.2) is 4.57 Å². The zero-order chi connectivity index (χ0) is 26.8. The SMILES string of the molecule is CCCCCCCCCCCn1c(CC(C)c2ccccc2)c[n+](CCCCCC)c1Cc1ccccc1. The van der Waals surface area contributed by atoms with Crippen molar-refractivity contribution in [2.24, 2.45) is 0 Å². The van der Waals surface area contributed by atoms with E-state index in [1.807, 2.05) is 0 Å². The lowest BCUT2D eigenvalue weighted by atomic mass is 9.96. The molecule has 0 bridgehead atoms. The first kappa shape index (κ1) is 30.2. The smallest absolute Gasteiger partial charge is 0.234 e. The van der Waals surface area contributed by atoms with E-state index in [-0.39, 0.29) is 0 Å². The van der Waals surface area contributed by atoms with Crippen molar-refractivity contribution >= 4 is 0 Å². The maximum absolute atomic E-state index is 2.72. The highest BCUT2D eigenvalue weighted by atomic mass is 15.2. The second kappa shape index (κ2) is 18.0. The normalized spacial score (nSPS) is 12.2. The van der Waals surface area contributed by atoms with Crippen molar-refractivity contribution in [3.05, 3.63) is 89.5 Å². The highest BCUT2D eigenvalue weighted by Gasteiger charge is 2.25. The molecule has 0 saturated heterocycles. The van der Waals surface area contributed by atoms with Gasteiger partial charge in [-0.25, -0.2) is 9.13 Å². The molecule has 2 heteroatoms. The number of hydrogen-bond acceptors (Lipinski definition) is 0. The number of rotatable bonds is 20. The fraction of sp³-hybridized carbons (Fsp3) is 0.583. The third-order valence-electron chi connectivity index (χ3n) is 8.12. The van der Waals surface area contributed by atoms with Gasteiger partial charge in [0.25, 0.3) is 5.82 Å². The average Bonchev–Trinajstić information content (AvgIpc) is 3.26. The Morgan fingerprint density at radius 2 is 1.21 bits per heavy atom. The summed E-state index contributed by atoms with van der Waals surface area (Å²) in [6, 6.07) is 22.2. The molecular weight excluding hydrogens is 460 g/mol. The van der Waals surface area contributed by atoms with Crippen LogP contribution < -0.4 is 4.57 Å². The number of aromatic nitrogens is 2. The Morgan fingerprint density at radius 1 is 0.658 bits per heavy atom. The van der Waals surface area contributed by atoms with E-state index < -0.39 is 0 Å². The number of aryl methyl sites for hydroxylation is 1. The van der Waals surface area contributed by atoms with Crippen molar-refractivity contribution in [2.75, 3.05) is 0 Å². The molecule has 2 nitrogen and oxygen atoms in total. The fourth-order valence-corrected chi connectivity index (χ4v) is 5.75. The minimum absolute atomic E-state index is 0.520. The first-order valence-corrected chi connectivity index (χ1v) is 15.9. The van der Waals surface area contributed by atoms with Gasteiger partial charge < -0.3 is 0 Å². The number of benzene rings is 2. The van der Waals surface area contributed by atoms with Gasteiger partial charge in [-0.3, -0.25) is 0 Å². The zero-order valence-corrected chi connectivity index (χ0v) is 24.8. The Hall–Kier alpha value is -2.35. The minimum atomic E-state index is 0.520. The van der Waals surface area contributed by atoms with E-state index in [0.29, 0.717) is 5.92 Å². The van der Waals surface area contributed by atoms with Crippen LogP contribution in [-0.2, 0) is 25.9 Å². The molecule has 208 valence electrons. The topological polar surface area (TPSA) is 8.81 Å². The highest BCUT2D eigenvalue weighted by molar-refractivity contribution is 5.22. The summed E-state index contributed by atoms with van der Waals surface area (Å²) < 4.78 is 5.33. The fourth-order valence-electron chi connectivity index (χ4n) is 5.75. The molecule has 0 aliphatic heterocycles. The standard InChI is InChI=1S/C36H55N2/c1-4-6-8-10-11-12-13-14-22-28-38-35(29-32(3)34-25-19-16-20-26-34)31-37(27-21-9-7-5-2)36(38)30-33-23-17-15-18-24-33/h15-20,23-26,31-32H,4-14,21-22,27-30H2,1-3H3/q+1. The number of imidazole rings is 1. The van der Waals surface area contributed by atoms with Crippen molar-refractivity contribution in [2.45, 2.75) is 136 Å². The minimum Gasteiger partial charge on any atom is -0.234 e. The van der Waals surface area contributed by atoms with Crippen LogP contribution in [0.4, 0.5) is 0 Å². The Labute approximate surface area is 234 Å². The number of nitrogens with zero attached hydrogens (tertiary/aromatic N) is 2. The second-order valence-corrected chi connectivity index (χ2v) is 11.4. The van der Waals surface area contributed by atoms with E-state index in [9.17, 15) is 0 Å². The summed E-state index contributed by atoms with van der Waals surface area (Å²) in [5.41, 5.74) is 4.38. The summed E-state index contributed by atoms with van der Waals surface area (Å²) in [5.74, 6) is 2.02. The predicted octanol–water partition coefficient (Wildman–Crippen LogP) is 9.82. The Kier molecular flexibility index (Phi) is 14.3. The monoisotopic (exact) mass is 515 g/mol. The molecule has 1 heterocycles. The highest BCUT2D eigenvalue weighted by Crippen LogP contribution is 2.22. The van der Waals surface area contributed by atoms with E-state index in [2.05, 4.69) is 96.8 Å². The number of unbranched alkanes of at least 4 members (excludes halogenated alkanes) is 11. The Bertz CT molecular complexity index is 989. The molecule has 38 heavy (non-hydrogen) atoms. The summed E-state index contributed by atoms with van der Waals surface area (Å²) in [7, 11) is 0. The van der Waals surface area contributed by atoms with Gasteiger partial charge in [0.2, 0.25) is 0 Å². The molecule has 0 radical (unpaired) electrons. The molecule has 0 aliphatic rings. The number of hydrogen-bond donors (Lipinski definition) is 0. The van der Waals surface area contributed by atoms with Gasteiger partial charge in [-0.1, -0.05) is 139 Å². The lowest BCUT2D eigenvalue weighted by Crippen LogP contribution is -2.37. The van der Waals surface area contributed by atoms with E-state index in [1.165, 1.54) is 106 Å². The predicted molar refractivity (Wildman–Crippen MR) is 164 cm³/mol. The van der Waals surface area contributed by atoms with Gasteiger partial charge in [-0.15, -0.1) is 0 Å². The van der Waals surface area contributed by atoms with Crippen molar-refractivity contribution in [1.29, 1.82) is 0 Å². The van der Waals surface area contributed by atoms with Gasteiger partial charge in [0, 0.05) is 6.42 Å². The summed E-state index contributed by atoms with van der Waals surface area (Å²) in [6.45, 7) is 9.29. The molecule has 0 aliphatic carbocycles. The molecule has 3 rings (SSSR count). The van der Waals surface area contributed by atoms with Crippen LogP contribution in [0.3, 0.4) is 0 Å². The Morgan fingerprint density at radius 3 is 1.84 bits per heavy atom. The molecule has 1 atom stereocenters. The van der Waals surface area contributed by atoms with Crippen molar-refractivity contribution in [1.82, 2.24) is 4.57 Å². The van der Waals surface area contributed by atoms with E-state index >= 15 is 0 Å². The van der Waals surface area contributed by atoms with Crippen molar-refractivity contribution < 1.29 is 4.57 Å². The maximum Gasteiger partial charge on any atom is 0.261 e. The molecule has 0 amide bonds. The summed E-state index contributed by atoms with van der Waals surface area (Å²) in [4.78, 5) is 0. The van der Waals surface area contributed by atoms with E-state index in [4.69, 9.17) is 0 Å². The van der Waals surface area contributed by atoms with Gasteiger partial charge in [0.15, 0.2) is 0 Å². The molecule has 0 saturated carbocycles. The van der Waals surface area contributed by atoms with Crippen LogP contribution in [0.2, 0.25) is 0 Å². The molecule has 2 aromatic carbocycles. The van der Waals surface area contributed by atoms with Crippen LogP contribution in [0.1, 0.15) is 133 Å². The zero-order valence-electron chi connectivity index (χ0n) is 24.8. The largest absolute Gasteiger partial charge is 0.261 e. The third-order valence-corrected chi connectivity index (χ3v) is 8.12. The molecule has 1 unspecified atom stereocenters. The lowest BCUT2D eigenvalue weighted by Gasteiger charge is -2.12. The van der Waals surface area contributed by atoms with E-state index in [1.54, 1.807) is 0 Å². The summed E-state index contributed by atoms with van der Waals surface area (Å²) in [6.07, 6.45) is 22.3. The first-order chi connectivity index (χ1) is 18.7.